The molecule has 0 saturated carbocycles. The Morgan fingerprint density at radius 1 is 0.867 bits per heavy atom. The van der Waals surface area contributed by atoms with Crippen molar-refractivity contribution in [2.24, 2.45) is 0 Å². The van der Waals surface area contributed by atoms with Crippen molar-refractivity contribution in [3.05, 3.63) is 88.4 Å². The first-order chi connectivity index (χ1) is 14.6. The maximum Gasteiger partial charge on any atom is 0.255 e. The van der Waals surface area contributed by atoms with E-state index >= 15 is 0 Å². The number of methoxy groups -OCH3 is 2. The Labute approximate surface area is 181 Å². The molecular formula is C24H24ClNO4. The average Bonchev–Trinajstić information content (AvgIpc) is 2.78. The Hall–Kier alpha value is -3.18. The van der Waals surface area contributed by atoms with Crippen molar-refractivity contribution in [3.63, 3.8) is 0 Å². The van der Waals surface area contributed by atoms with E-state index in [9.17, 15) is 4.79 Å². The highest BCUT2D eigenvalue weighted by atomic mass is 35.5. The highest BCUT2D eigenvalue weighted by Crippen LogP contribution is 2.28. The van der Waals surface area contributed by atoms with Crippen molar-refractivity contribution in [2.45, 2.75) is 13.0 Å². The molecule has 3 rings (SSSR count). The minimum absolute atomic E-state index is 0.235. The first kappa shape index (κ1) is 21.5. The summed E-state index contributed by atoms with van der Waals surface area (Å²) in [6.45, 7) is 0.827. The minimum atomic E-state index is -0.235. The summed E-state index contributed by atoms with van der Waals surface area (Å²) >= 11 is 6.11. The SMILES string of the molecule is COc1ccc(CCNC(=O)c2cc(Cl)ccc2OCc2ccccc2)cc1OC. The van der Waals surface area contributed by atoms with Gasteiger partial charge in [-0.25, -0.2) is 0 Å². The summed E-state index contributed by atoms with van der Waals surface area (Å²) in [7, 11) is 3.19. The summed E-state index contributed by atoms with van der Waals surface area (Å²) in [6, 6.07) is 20.5. The molecular weight excluding hydrogens is 402 g/mol. The van der Waals surface area contributed by atoms with Crippen LogP contribution in [0.5, 0.6) is 17.2 Å². The summed E-state index contributed by atoms with van der Waals surface area (Å²) in [5.41, 5.74) is 2.46. The summed E-state index contributed by atoms with van der Waals surface area (Å²) < 4.78 is 16.4. The summed E-state index contributed by atoms with van der Waals surface area (Å²) in [5.74, 6) is 1.59. The molecule has 5 nitrogen and oxygen atoms in total. The molecule has 0 fully saturated rings. The monoisotopic (exact) mass is 425 g/mol. The molecule has 3 aromatic rings. The zero-order valence-corrected chi connectivity index (χ0v) is 17.7. The van der Waals surface area contributed by atoms with E-state index in [1.165, 1.54) is 0 Å². The maximum atomic E-state index is 12.7. The maximum absolute atomic E-state index is 12.7. The summed E-state index contributed by atoms with van der Waals surface area (Å²) in [4.78, 5) is 12.7. The number of nitrogens with one attached hydrogen (secondary N) is 1. The molecule has 0 bridgehead atoms. The molecule has 1 amide bonds. The summed E-state index contributed by atoms with van der Waals surface area (Å²) in [5, 5.41) is 3.41. The van der Waals surface area contributed by atoms with Crippen LogP contribution < -0.4 is 19.5 Å². The van der Waals surface area contributed by atoms with Gasteiger partial charge in [-0.1, -0.05) is 48.0 Å². The van der Waals surface area contributed by atoms with Gasteiger partial charge in [-0.15, -0.1) is 0 Å². The van der Waals surface area contributed by atoms with Crippen molar-refractivity contribution in [1.82, 2.24) is 5.32 Å². The van der Waals surface area contributed by atoms with E-state index in [2.05, 4.69) is 5.32 Å². The fraction of sp³-hybridized carbons (Fsp3) is 0.208. The van der Waals surface area contributed by atoms with Crippen molar-refractivity contribution < 1.29 is 19.0 Å². The van der Waals surface area contributed by atoms with E-state index in [1.54, 1.807) is 32.4 Å². The van der Waals surface area contributed by atoms with Gasteiger partial charge in [0.15, 0.2) is 11.5 Å². The number of hydrogen-bond acceptors (Lipinski definition) is 4. The number of hydrogen-bond donors (Lipinski definition) is 1. The van der Waals surface area contributed by atoms with Gasteiger partial charge in [0.1, 0.15) is 12.4 Å². The highest BCUT2D eigenvalue weighted by molar-refractivity contribution is 6.31. The largest absolute Gasteiger partial charge is 0.493 e. The fourth-order valence-electron chi connectivity index (χ4n) is 2.99. The van der Waals surface area contributed by atoms with Gasteiger partial charge >= 0.3 is 0 Å². The summed E-state index contributed by atoms with van der Waals surface area (Å²) in [6.07, 6.45) is 0.646. The number of carbonyl (C=O) groups is 1. The number of benzene rings is 3. The molecule has 0 aliphatic carbocycles. The lowest BCUT2D eigenvalue weighted by Gasteiger charge is -2.13. The molecule has 0 aromatic heterocycles. The molecule has 0 heterocycles. The Kier molecular flexibility index (Phi) is 7.57. The quantitative estimate of drug-likeness (QED) is 0.529. The minimum Gasteiger partial charge on any atom is -0.493 e. The van der Waals surface area contributed by atoms with E-state index in [-0.39, 0.29) is 5.91 Å². The van der Waals surface area contributed by atoms with Crippen LogP contribution in [0, 0.1) is 0 Å². The molecule has 0 aliphatic rings. The Morgan fingerprint density at radius 2 is 1.60 bits per heavy atom. The number of ether oxygens (including phenoxy) is 3. The van der Waals surface area contributed by atoms with Crippen molar-refractivity contribution in [3.8, 4) is 17.2 Å². The van der Waals surface area contributed by atoms with Gasteiger partial charge in [-0.05, 0) is 47.9 Å². The second kappa shape index (κ2) is 10.6. The molecule has 3 aromatic carbocycles. The van der Waals surface area contributed by atoms with Gasteiger partial charge < -0.3 is 19.5 Å². The van der Waals surface area contributed by atoms with Gasteiger partial charge in [0.2, 0.25) is 0 Å². The highest BCUT2D eigenvalue weighted by Gasteiger charge is 2.14. The lowest BCUT2D eigenvalue weighted by molar-refractivity contribution is 0.0949. The Balaban J connectivity index is 1.63. The van der Waals surface area contributed by atoms with Crippen LogP contribution in [0.2, 0.25) is 5.02 Å². The van der Waals surface area contributed by atoms with E-state index in [1.807, 2.05) is 48.5 Å². The van der Waals surface area contributed by atoms with E-state index in [4.69, 9.17) is 25.8 Å². The lowest BCUT2D eigenvalue weighted by Crippen LogP contribution is -2.26. The standard InChI is InChI=1S/C24H24ClNO4/c1-28-22-10-8-17(14-23(22)29-2)12-13-26-24(27)20-15-19(25)9-11-21(20)30-16-18-6-4-3-5-7-18/h3-11,14-15H,12-13,16H2,1-2H3,(H,26,27). The fourth-order valence-corrected chi connectivity index (χ4v) is 3.16. The molecule has 0 radical (unpaired) electrons. The second-order valence-electron chi connectivity index (χ2n) is 6.61. The smallest absolute Gasteiger partial charge is 0.255 e. The molecule has 30 heavy (non-hydrogen) atoms. The molecule has 1 N–H and O–H groups in total. The van der Waals surface area contributed by atoms with Crippen LogP contribution in [0.4, 0.5) is 0 Å². The number of rotatable bonds is 9. The number of carbonyl (C=O) groups excluding carboxylic acids is 1. The normalized spacial score (nSPS) is 10.4. The van der Waals surface area contributed by atoms with E-state index < -0.39 is 0 Å². The third kappa shape index (κ3) is 5.67. The van der Waals surface area contributed by atoms with Gasteiger partial charge in [0.05, 0.1) is 19.8 Å². The molecule has 0 atom stereocenters. The van der Waals surface area contributed by atoms with Crippen molar-refractivity contribution in [1.29, 1.82) is 0 Å². The Bertz CT molecular complexity index is 992. The van der Waals surface area contributed by atoms with Crippen LogP contribution in [-0.2, 0) is 13.0 Å². The first-order valence-corrected chi connectivity index (χ1v) is 9.94. The van der Waals surface area contributed by atoms with Gasteiger partial charge in [0, 0.05) is 11.6 Å². The van der Waals surface area contributed by atoms with Crippen LogP contribution in [0.15, 0.2) is 66.7 Å². The van der Waals surface area contributed by atoms with Gasteiger partial charge in [0.25, 0.3) is 5.91 Å². The Morgan fingerprint density at radius 3 is 2.33 bits per heavy atom. The average molecular weight is 426 g/mol. The topological polar surface area (TPSA) is 56.8 Å². The number of halogens is 1. The molecule has 0 unspecified atom stereocenters. The van der Waals surface area contributed by atoms with Crippen molar-refractivity contribution in [2.75, 3.05) is 20.8 Å². The zero-order chi connectivity index (χ0) is 21.3. The van der Waals surface area contributed by atoms with Crippen LogP contribution in [-0.4, -0.2) is 26.7 Å². The molecule has 0 aliphatic heterocycles. The van der Waals surface area contributed by atoms with Gasteiger partial charge in [-0.2, -0.15) is 0 Å². The molecule has 6 heteroatoms. The number of amides is 1. The van der Waals surface area contributed by atoms with E-state index in [0.29, 0.717) is 47.4 Å². The molecule has 0 spiro atoms. The van der Waals surface area contributed by atoms with Crippen LogP contribution in [0.1, 0.15) is 21.5 Å². The van der Waals surface area contributed by atoms with E-state index in [0.717, 1.165) is 11.1 Å². The third-order valence-corrected chi connectivity index (χ3v) is 4.81. The second-order valence-corrected chi connectivity index (χ2v) is 7.05. The molecule has 156 valence electrons. The van der Waals surface area contributed by atoms with Crippen molar-refractivity contribution >= 4 is 17.5 Å². The zero-order valence-electron chi connectivity index (χ0n) is 17.0. The van der Waals surface area contributed by atoms with Crippen LogP contribution >= 0.6 is 11.6 Å². The van der Waals surface area contributed by atoms with Crippen LogP contribution in [0.25, 0.3) is 0 Å². The molecule has 0 saturated heterocycles. The first-order valence-electron chi connectivity index (χ1n) is 9.56. The third-order valence-electron chi connectivity index (χ3n) is 4.57. The van der Waals surface area contributed by atoms with Gasteiger partial charge in [-0.3, -0.25) is 4.79 Å². The lowest BCUT2D eigenvalue weighted by atomic mass is 10.1. The predicted octanol–water partition coefficient (Wildman–Crippen LogP) is 4.91. The predicted molar refractivity (Wildman–Crippen MR) is 118 cm³/mol. The van der Waals surface area contributed by atoms with Crippen LogP contribution in [0.3, 0.4) is 0 Å².